The van der Waals surface area contributed by atoms with Gasteiger partial charge in [0.1, 0.15) is 0 Å². The number of hydrogen-bond donors (Lipinski definition) is 2. The van der Waals surface area contributed by atoms with Gasteiger partial charge in [-0.1, -0.05) is 0 Å². The molecule has 0 saturated carbocycles. The summed E-state index contributed by atoms with van der Waals surface area (Å²) in [6, 6.07) is 0.380. The number of aryl methyl sites for hydroxylation is 2. The summed E-state index contributed by atoms with van der Waals surface area (Å²) in [6.07, 6.45) is 6.96. The van der Waals surface area contributed by atoms with Crippen molar-refractivity contribution in [3.8, 4) is 11.4 Å². The lowest BCUT2D eigenvalue weighted by molar-refractivity contribution is 0.0999. The summed E-state index contributed by atoms with van der Waals surface area (Å²) in [7, 11) is 4.01. The number of amides is 3. The first-order chi connectivity index (χ1) is 15.9. The van der Waals surface area contributed by atoms with E-state index in [1.165, 1.54) is 0 Å². The van der Waals surface area contributed by atoms with Crippen LogP contribution < -0.4 is 11.1 Å². The lowest BCUT2D eigenvalue weighted by Crippen LogP contribution is -2.54. The number of likely N-dealkylation sites (tertiary alicyclic amines) is 1. The van der Waals surface area contributed by atoms with Crippen molar-refractivity contribution < 1.29 is 9.59 Å². The van der Waals surface area contributed by atoms with Gasteiger partial charge in [0, 0.05) is 64.8 Å². The van der Waals surface area contributed by atoms with Gasteiger partial charge in [0.25, 0.3) is 5.91 Å². The molecule has 2 aromatic heterocycles. The van der Waals surface area contributed by atoms with Crippen molar-refractivity contribution in [3.05, 3.63) is 29.1 Å². The van der Waals surface area contributed by atoms with E-state index < -0.39 is 5.91 Å². The first kappa shape index (κ1) is 21.7. The molecular formula is C23H32N8O2. The van der Waals surface area contributed by atoms with Gasteiger partial charge in [-0.25, -0.2) is 14.8 Å². The van der Waals surface area contributed by atoms with Crippen molar-refractivity contribution in [2.75, 3.05) is 51.6 Å². The summed E-state index contributed by atoms with van der Waals surface area (Å²) >= 11 is 0. The number of likely N-dealkylation sites (N-methyl/N-ethyl adjacent to an activating group) is 1. The van der Waals surface area contributed by atoms with E-state index in [4.69, 9.17) is 10.7 Å². The van der Waals surface area contributed by atoms with Crippen LogP contribution in [0.15, 0.2) is 12.4 Å². The van der Waals surface area contributed by atoms with Crippen molar-refractivity contribution in [1.82, 2.24) is 29.2 Å². The number of fused-ring (bicyclic) bond motifs is 3. The number of anilines is 1. The molecule has 3 amide bonds. The number of aromatic nitrogens is 3. The van der Waals surface area contributed by atoms with Gasteiger partial charge in [0.05, 0.1) is 17.0 Å². The van der Waals surface area contributed by atoms with Crippen molar-refractivity contribution >= 4 is 17.9 Å². The lowest BCUT2D eigenvalue weighted by Gasteiger charge is -2.39. The van der Waals surface area contributed by atoms with Gasteiger partial charge in [0.2, 0.25) is 5.95 Å². The van der Waals surface area contributed by atoms with Crippen LogP contribution in [0.25, 0.3) is 11.4 Å². The number of nitrogens with two attached hydrogens (primary N) is 1. The Labute approximate surface area is 193 Å². The average Bonchev–Trinajstić information content (AvgIpc) is 3.17. The summed E-state index contributed by atoms with van der Waals surface area (Å²) in [6.45, 7) is 4.94. The molecule has 33 heavy (non-hydrogen) atoms. The van der Waals surface area contributed by atoms with Crippen LogP contribution in [0.4, 0.5) is 10.7 Å². The fraction of sp³-hybridized carbons (Fsp3) is 0.565. The van der Waals surface area contributed by atoms with Gasteiger partial charge in [-0.15, -0.1) is 0 Å². The van der Waals surface area contributed by atoms with E-state index in [1.807, 2.05) is 27.6 Å². The van der Waals surface area contributed by atoms with Crippen LogP contribution in [0.3, 0.4) is 0 Å². The molecule has 2 aromatic rings. The summed E-state index contributed by atoms with van der Waals surface area (Å²) in [5.41, 5.74) is 10.0. The largest absolute Gasteiger partial charge is 0.366 e. The average molecular weight is 453 g/mol. The molecule has 0 aromatic carbocycles. The highest BCUT2D eigenvalue weighted by molar-refractivity contribution is 5.96. The smallest absolute Gasteiger partial charge is 0.320 e. The Morgan fingerprint density at radius 3 is 2.42 bits per heavy atom. The van der Waals surface area contributed by atoms with Crippen LogP contribution in [0.1, 0.15) is 34.3 Å². The molecule has 176 valence electrons. The molecule has 5 rings (SSSR count). The van der Waals surface area contributed by atoms with Crippen molar-refractivity contribution in [2.24, 2.45) is 12.8 Å². The second-order valence-electron chi connectivity index (χ2n) is 9.39. The predicted octanol–water partition coefficient (Wildman–Crippen LogP) is 0.923. The summed E-state index contributed by atoms with van der Waals surface area (Å²) < 4.78 is 1.94. The number of carbonyl (C=O) groups excluding carboxylic acids is 2. The normalized spacial score (nSPS) is 19.2. The number of piperidine rings is 1. The molecule has 3 aliphatic rings. The van der Waals surface area contributed by atoms with Gasteiger partial charge >= 0.3 is 6.03 Å². The Bertz CT molecular complexity index is 1060. The molecule has 2 aliphatic heterocycles. The standard InChI is InChI=1S/C23H32N8O2/c1-28-9-11-31(12-10-28)23(33)30-7-5-16(6-8-30)26-22-25-13-15-3-4-17-18(21(24)32)14-29(2)20(17)19(15)27-22/h13-14,16H,3-12H2,1-2H3,(H2,24,32)(H,25,26,27). The molecule has 0 spiro atoms. The van der Waals surface area contributed by atoms with E-state index in [0.29, 0.717) is 11.5 Å². The van der Waals surface area contributed by atoms with Crippen LogP contribution in [0.5, 0.6) is 0 Å². The molecule has 0 unspecified atom stereocenters. The maximum atomic E-state index is 12.8. The Balaban J connectivity index is 1.24. The minimum atomic E-state index is -0.402. The zero-order chi connectivity index (χ0) is 23.1. The van der Waals surface area contributed by atoms with Crippen LogP contribution in [-0.2, 0) is 19.9 Å². The Morgan fingerprint density at radius 1 is 1.03 bits per heavy atom. The highest BCUT2D eigenvalue weighted by atomic mass is 16.2. The maximum Gasteiger partial charge on any atom is 0.320 e. The molecule has 4 heterocycles. The third kappa shape index (κ3) is 4.15. The maximum absolute atomic E-state index is 12.8. The highest BCUT2D eigenvalue weighted by Gasteiger charge is 2.29. The zero-order valence-electron chi connectivity index (χ0n) is 19.4. The lowest BCUT2D eigenvalue weighted by atomic mass is 9.92. The third-order valence-corrected chi connectivity index (χ3v) is 7.16. The molecule has 3 N–H and O–H groups in total. The number of nitrogens with zero attached hydrogens (tertiary/aromatic N) is 6. The number of hydrogen-bond acceptors (Lipinski definition) is 6. The zero-order valence-corrected chi connectivity index (χ0v) is 19.4. The third-order valence-electron chi connectivity index (χ3n) is 7.16. The SMILES string of the molecule is CN1CCN(C(=O)N2CCC(Nc3ncc4c(n3)-c3c(c(C(N)=O)cn3C)CC4)CC2)CC1. The summed E-state index contributed by atoms with van der Waals surface area (Å²) in [4.78, 5) is 40.3. The van der Waals surface area contributed by atoms with E-state index in [0.717, 1.165) is 87.5 Å². The molecule has 10 nitrogen and oxygen atoms in total. The van der Waals surface area contributed by atoms with Gasteiger partial charge in [-0.05, 0) is 43.9 Å². The Hall–Kier alpha value is -3.14. The van der Waals surface area contributed by atoms with Crippen LogP contribution in [0.2, 0.25) is 0 Å². The van der Waals surface area contributed by atoms with Gasteiger partial charge < -0.3 is 30.3 Å². The van der Waals surface area contributed by atoms with Crippen molar-refractivity contribution in [1.29, 1.82) is 0 Å². The van der Waals surface area contributed by atoms with Gasteiger partial charge in [-0.2, -0.15) is 0 Å². The van der Waals surface area contributed by atoms with E-state index in [9.17, 15) is 9.59 Å². The molecule has 1 aliphatic carbocycles. The first-order valence-corrected chi connectivity index (χ1v) is 11.7. The fourth-order valence-corrected chi connectivity index (χ4v) is 5.17. The molecule has 2 fully saturated rings. The number of primary amides is 1. The number of rotatable bonds is 3. The topological polar surface area (TPSA) is 113 Å². The number of urea groups is 1. The Morgan fingerprint density at radius 2 is 1.73 bits per heavy atom. The number of nitrogens with one attached hydrogen (secondary N) is 1. The van der Waals surface area contributed by atoms with Gasteiger partial charge in [-0.3, -0.25) is 4.79 Å². The molecule has 2 saturated heterocycles. The predicted molar refractivity (Wildman–Crippen MR) is 125 cm³/mol. The van der Waals surface area contributed by atoms with E-state index in [-0.39, 0.29) is 12.1 Å². The van der Waals surface area contributed by atoms with E-state index in [1.54, 1.807) is 6.20 Å². The first-order valence-electron chi connectivity index (χ1n) is 11.7. The van der Waals surface area contributed by atoms with E-state index >= 15 is 0 Å². The molecular weight excluding hydrogens is 420 g/mol. The Kier molecular flexibility index (Phi) is 5.69. The highest BCUT2D eigenvalue weighted by Crippen LogP contribution is 2.35. The molecule has 0 atom stereocenters. The number of piperazine rings is 1. The summed E-state index contributed by atoms with van der Waals surface area (Å²) in [5.74, 6) is 0.188. The van der Waals surface area contributed by atoms with Crippen molar-refractivity contribution in [3.63, 3.8) is 0 Å². The van der Waals surface area contributed by atoms with Gasteiger partial charge in [0.15, 0.2) is 0 Å². The number of carbonyl (C=O) groups is 2. The minimum Gasteiger partial charge on any atom is -0.366 e. The summed E-state index contributed by atoms with van der Waals surface area (Å²) in [5, 5.41) is 3.47. The van der Waals surface area contributed by atoms with E-state index in [2.05, 4.69) is 22.2 Å². The molecule has 0 bridgehead atoms. The van der Waals surface area contributed by atoms with Crippen molar-refractivity contribution in [2.45, 2.75) is 31.7 Å². The minimum absolute atomic E-state index is 0.160. The molecule has 0 radical (unpaired) electrons. The van der Waals surface area contributed by atoms with Crippen LogP contribution in [0, 0.1) is 0 Å². The molecule has 10 heteroatoms. The second-order valence-corrected chi connectivity index (χ2v) is 9.39. The second kappa shape index (κ2) is 8.66. The van der Waals surface area contributed by atoms with Crippen LogP contribution in [-0.4, -0.2) is 93.5 Å². The fourth-order valence-electron chi connectivity index (χ4n) is 5.17. The monoisotopic (exact) mass is 452 g/mol. The quantitative estimate of drug-likeness (QED) is 0.716. The van der Waals surface area contributed by atoms with Crippen LogP contribution >= 0.6 is 0 Å².